The van der Waals surface area contributed by atoms with Gasteiger partial charge in [0.05, 0.1) is 29.6 Å². The summed E-state index contributed by atoms with van der Waals surface area (Å²) in [5, 5.41) is 0. The van der Waals surface area contributed by atoms with Gasteiger partial charge in [-0.1, -0.05) is 35.2 Å². The molecular formula is C16H20BrClN2O. The van der Waals surface area contributed by atoms with Gasteiger partial charge in [-0.25, -0.2) is 4.98 Å². The van der Waals surface area contributed by atoms with Crippen molar-refractivity contribution in [2.45, 2.75) is 50.6 Å². The van der Waals surface area contributed by atoms with E-state index in [1.54, 1.807) is 0 Å². The number of halogens is 2. The van der Waals surface area contributed by atoms with Crippen LogP contribution in [0.2, 0.25) is 0 Å². The minimum atomic E-state index is 0.426. The summed E-state index contributed by atoms with van der Waals surface area (Å²) in [5.74, 6) is 1.34. The molecule has 114 valence electrons. The molecule has 0 radical (unpaired) electrons. The van der Waals surface area contributed by atoms with Crippen LogP contribution in [-0.4, -0.2) is 22.3 Å². The number of hydrogen-bond acceptors (Lipinski definition) is 2. The molecule has 0 N–H and O–H groups in total. The fraction of sp³-hybridized carbons (Fsp3) is 0.562. The lowest BCUT2D eigenvalue weighted by atomic mass is 9.98. The van der Waals surface area contributed by atoms with E-state index in [1.807, 2.05) is 12.1 Å². The number of nitrogens with zero attached hydrogens (tertiary/aromatic N) is 2. The van der Waals surface area contributed by atoms with Crippen molar-refractivity contribution >= 4 is 38.6 Å². The Labute approximate surface area is 138 Å². The molecule has 0 amide bonds. The molecule has 0 aliphatic heterocycles. The highest BCUT2D eigenvalue weighted by Crippen LogP contribution is 2.23. The molecule has 3 rings (SSSR count). The maximum absolute atomic E-state index is 6.04. The van der Waals surface area contributed by atoms with Crippen molar-refractivity contribution in [3.05, 3.63) is 28.5 Å². The number of rotatable bonds is 5. The second kappa shape index (κ2) is 7.12. The Balaban J connectivity index is 1.71. The Morgan fingerprint density at radius 2 is 2.10 bits per heavy atom. The Bertz CT molecular complexity index is 608. The number of imidazole rings is 1. The van der Waals surface area contributed by atoms with Crippen molar-refractivity contribution in [2.75, 3.05) is 6.61 Å². The van der Waals surface area contributed by atoms with E-state index in [2.05, 4.69) is 31.5 Å². The van der Waals surface area contributed by atoms with Gasteiger partial charge in [0.2, 0.25) is 0 Å². The first-order valence-corrected chi connectivity index (χ1v) is 8.93. The van der Waals surface area contributed by atoms with Crippen molar-refractivity contribution in [2.24, 2.45) is 0 Å². The van der Waals surface area contributed by atoms with E-state index in [0.717, 1.165) is 34.5 Å². The first-order chi connectivity index (χ1) is 10.3. The molecule has 1 heterocycles. The second-order valence-corrected chi connectivity index (χ2v) is 6.76. The van der Waals surface area contributed by atoms with E-state index in [4.69, 9.17) is 16.3 Å². The van der Waals surface area contributed by atoms with Crippen LogP contribution in [0.15, 0.2) is 22.7 Å². The summed E-state index contributed by atoms with van der Waals surface area (Å²) in [6, 6.07) is 6.13. The molecule has 1 aliphatic carbocycles. The number of alkyl halides is 1. The number of aromatic nitrogens is 2. The first-order valence-electron chi connectivity index (χ1n) is 7.60. The van der Waals surface area contributed by atoms with Crippen molar-refractivity contribution < 1.29 is 4.74 Å². The van der Waals surface area contributed by atoms with Crippen LogP contribution >= 0.6 is 27.5 Å². The molecular weight excluding hydrogens is 352 g/mol. The smallest absolute Gasteiger partial charge is 0.124 e. The number of ether oxygens (including phenoxy) is 1. The zero-order valence-electron chi connectivity index (χ0n) is 12.0. The quantitative estimate of drug-likeness (QED) is 0.700. The molecule has 1 aromatic carbocycles. The maximum atomic E-state index is 6.04. The second-order valence-electron chi connectivity index (χ2n) is 5.58. The molecule has 1 fully saturated rings. The Hall–Kier alpha value is -0.580. The lowest BCUT2D eigenvalue weighted by Crippen LogP contribution is -2.19. The highest BCUT2D eigenvalue weighted by molar-refractivity contribution is 9.10. The van der Waals surface area contributed by atoms with Gasteiger partial charge in [0.15, 0.2) is 0 Å². The first kappa shape index (κ1) is 15.3. The van der Waals surface area contributed by atoms with Crippen molar-refractivity contribution in [3.8, 4) is 0 Å². The predicted octanol–water partition coefficient (Wildman–Crippen LogP) is 4.89. The third-order valence-electron chi connectivity index (χ3n) is 4.13. The van der Waals surface area contributed by atoms with Crippen LogP contribution in [0.25, 0.3) is 11.0 Å². The van der Waals surface area contributed by atoms with E-state index in [0.29, 0.717) is 12.0 Å². The third-order valence-corrected chi connectivity index (χ3v) is 4.86. The Morgan fingerprint density at radius 1 is 1.29 bits per heavy atom. The Kier molecular flexibility index (Phi) is 5.19. The van der Waals surface area contributed by atoms with Gasteiger partial charge < -0.3 is 9.30 Å². The van der Waals surface area contributed by atoms with E-state index in [1.165, 1.54) is 32.1 Å². The molecule has 0 unspecified atom stereocenters. The zero-order valence-corrected chi connectivity index (χ0v) is 14.4. The van der Waals surface area contributed by atoms with E-state index >= 15 is 0 Å². The SMILES string of the molecule is ClCc1nc2ccc(Br)cc2n1CCOC1CCCCC1. The van der Waals surface area contributed by atoms with Gasteiger partial charge >= 0.3 is 0 Å². The molecule has 21 heavy (non-hydrogen) atoms. The van der Waals surface area contributed by atoms with Crippen molar-refractivity contribution in [1.82, 2.24) is 9.55 Å². The molecule has 0 spiro atoms. The van der Waals surface area contributed by atoms with Crippen molar-refractivity contribution in [3.63, 3.8) is 0 Å². The van der Waals surface area contributed by atoms with Gasteiger partial charge in [-0.15, -0.1) is 11.6 Å². The van der Waals surface area contributed by atoms with Gasteiger partial charge in [-0.2, -0.15) is 0 Å². The van der Waals surface area contributed by atoms with Crippen LogP contribution in [0.4, 0.5) is 0 Å². The monoisotopic (exact) mass is 370 g/mol. The van der Waals surface area contributed by atoms with Crippen LogP contribution in [-0.2, 0) is 17.2 Å². The summed E-state index contributed by atoms with van der Waals surface area (Å²) in [6.45, 7) is 1.54. The molecule has 0 bridgehead atoms. The van der Waals surface area contributed by atoms with Crippen LogP contribution in [0.5, 0.6) is 0 Å². The largest absolute Gasteiger partial charge is 0.376 e. The molecule has 5 heteroatoms. The normalized spacial score (nSPS) is 16.7. The lowest BCUT2D eigenvalue weighted by Gasteiger charge is -2.22. The molecule has 1 aliphatic rings. The lowest BCUT2D eigenvalue weighted by molar-refractivity contribution is 0.0242. The summed E-state index contributed by atoms with van der Waals surface area (Å²) < 4.78 is 9.27. The average Bonchev–Trinajstić information content (AvgIpc) is 2.86. The van der Waals surface area contributed by atoms with Gasteiger partial charge in [-0.3, -0.25) is 0 Å². The average molecular weight is 372 g/mol. The molecule has 1 saturated carbocycles. The van der Waals surface area contributed by atoms with Crippen LogP contribution < -0.4 is 0 Å². The number of hydrogen-bond donors (Lipinski definition) is 0. The van der Waals surface area contributed by atoms with Crippen LogP contribution in [0.1, 0.15) is 37.9 Å². The summed E-state index contributed by atoms with van der Waals surface area (Å²) in [6.07, 6.45) is 6.82. The number of benzene rings is 1. The molecule has 0 saturated heterocycles. The fourth-order valence-corrected chi connectivity index (χ4v) is 3.59. The summed E-state index contributed by atoms with van der Waals surface area (Å²) in [5.41, 5.74) is 2.11. The summed E-state index contributed by atoms with van der Waals surface area (Å²) in [4.78, 5) is 4.59. The van der Waals surface area contributed by atoms with Crippen LogP contribution in [0.3, 0.4) is 0 Å². The van der Waals surface area contributed by atoms with Gasteiger partial charge in [0.25, 0.3) is 0 Å². The molecule has 1 aromatic heterocycles. The predicted molar refractivity (Wildman–Crippen MR) is 89.8 cm³/mol. The van der Waals surface area contributed by atoms with Gasteiger partial charge in [0, 0.05) is 11.0 Å². The summed E-state index contributed by atoms with van der Waals surface area (Å²) >= 11 is 9.56. The highest BCUT2D eigenvalue weighted by Gasteiger charge is 2.15. The van der Waals surface area contributed by atoms with E-state index in [9.17, 15) is 0 Å². The summed E-state index contributed by atoms with van der Waals surface area (Å²) in [7, 11) is 0. The molecule has 2 aromatic rings. The Morgan fingerprint density at radius 3 is 2.86 bits per heavy atom. The number of fused-ring (bicyclic) bond motifs is 1. The third kappa shape index (κ3) is 3.61. The minimum Gasteiger partial charge on any atom is -0.376 e. The van der Waals surface area contributed by atoms with Crippen LogP contribution in [0, 0.1) is 0 Å². The maximum Gasteiger partial charge on any atom is 0.124 e. The zero-order chi connectivity index (χ0) is 14.7. The molecule has 3 nitrogen and oxygen atoms in total. The fourth-order valence-electron chi connectivity index (χ4n) is 3.04. The topological polar surface area (TPSA) is 27.1 Å². The molecule has 0 atom stereocenters. The minimum absolute atomic E-state index is 0.426. The van der Waals surface area contributed by atoms with Gasteiger partial charge in [0.1, 0.15) is 5.82 Å². The van der Waals surface area contributed by atoms with Crippen molar-refractivity contribution in [1.29, 1.82) is 0 Å². The van der Waals surface area contributed by atoms with E-state index in [-0.39, 0.29) is 0 Å². The standard InChI is InChI=1S/C16H20BrClN2O/c17-12-6-7-14-15(10-12)20(16(11-18)19-14)8-9-21-13-4-2-1-3-5-13/h6-7,10,13H,1-5,8-9,11H2. The van der Waals surface area contributed by atoms with E-state index < -0.39 is 0 Å². The van der Waals surface area contributed by atoms with Gasteiger partial charge in [-0.05, 0) is 31.0 Å². The highest BCUT2D eigenvalue weighted by atomic mass is 79.9.